The van der Waals surface area contributed by atoms with Crippen LogP contribution in [-0.2, 0) is 24.1 Å². The molecule has 0 unspecified atom stereocenters. The Hall–Kier alpha value is -0.350. The lowest BCUT2D eigenvalue weighted by molar-refractivity contribution is -0.110. The summed E-state index contributed by atoms with van der Waals surface area (Å²) in [7, 11) is 0. The molecule has 0 aliphatic heterocycles. The van der Waals surface area contributed by atoms with Crippen LogP contribution in [0.2, 0.25) is 0 Å². The van der Waals surface area contributed by atoms with E-state index in [1.807, 2.05) is 11.3 Å². The van der Waals surface area contributed by atoms with E-state index in [1.165, 1.54) is 28.4 Å². The molecule has 0 bridgehead atoms. The van der Waals surface area contributed by atoms with Gasteiger partial charge in [-0.15, -0.1) is 24.0 Å². The zero-order chi connectivity index (χ0) is 9.97. The first-order valence-corrected chi connectivity index (χ1v) is 6.21. The highest BCUT2D eigenvalue weighted by molar-refractivity contribution is 7.96. The number of aromatic nitrogens is 1. The quantitative estimate of drug-likeness (QED) is 0.801. The molecular formula is C10H13NOS2. The van der Waals surface area contributed by atoms with E-state index in [4.69, 9.17) is 0 Å². The van der Waals surface area contributed by atoms with Gasteiger partial charge in [0.15, 0.2) is 5.12 Å². The summed E-state index contributed by atoms with van der Waals surface area (Å²) in [5.74, 6) is 0. The molecule has 76 valence electrons. The average molecular weight is 227 g/mol. The van der Waals surface area contributed by atoms with Crippen molar-refractivity contribution < 1.29 is 4.79 Å². The molecule has 1 heterocycles. The number of thiazole rings is 1. The maximum Gasteiger partial charge on any atom is 0.185 e. The maximum absolute atomic E-state index is 10.6. The molecule has 2 rings (SSSR count). The monoisotopic (exact) mass is 227 g/mol. The summed E-state index contributed by atoms with van der Waals surface area (Å²) in [5.41, 5.74) is 1.31. The number of thiol groups is 1. The standard InChI is InChI=1S/C10H13NOS2/c12-10(13)6-2-5-9-11-7-3-1-4-8(7)14-9/h1-6H2,(H,12,13). The topological polar surface area (TPSA) is 30.0 Å². The fraction of sp³-hybridized carbons (Fsp3) is 0.600. The second-order valence-corrected chi connectivity index (χ2v) is 5.25. The van der Waals surface area contributed by atoms with Crippen molar-refractivity contribution in [3.63, 3.8) is 0 Å². The Morgan fingerprint density at radius 1 is 1.50 bits per heavy atom. The molecule has 1 aliphatic carbocycles. The summed E-state index contributed by atoms with van der Waals surface area (Å²) >= 11 is 5.57. The van der Waals surface area contributed by atoms with E-state index in [9.17, 15) is 4.79 Å². The van der Waals surface area contributed by atoms with Crippen LogP contribution in [0.25, 0.3) is 0 Å². The summed E-state index contributed by atoms with van der Waals surface area (Å²) in [6.45, 7) is 0. The van der Waals surface area contributed by atoms with Crippen LogP contribution >= 0.6 is 24.0 Å². The minimum Gasteiger partial charge on any atom is -0.288 e. The number of carbonyl (C=O) groups excluding carboxylic acids is 1. The molecule has 0 aromatic carbocycles. The molecule has 1 aliphatic rings. The molecule has 1 aromatic rings. The third-order valence-electron chi connectivity index (χ3n) is 2.42. The molecule has 2 nitrogen and oxygen atoms in total. The first kappa shape index (κ1) is 10.2. The highest BCUT2D eigenvalue weighted by atomic mass is 32.1. The van der Waals surface area contributed by atoms with Crippen molar-refractivity contribution in [1.29, 1.82) is 0 Å². The van der Waals surface area contributed by atoms with Crippen molar-refractivity contribution in [1.82, 2.24) is 4.98 Å². The minimum absolute atomic E-state index is 0.0194. The lowest BCUT2D eigenvalue weighted by atomic mass is 10.2. The van der Waals surface area contributed by atoms with E-state index in [-0.39, 0.29) is 5.12 Å². The van der Waals surface area contributed by atoms with Gasteiger partial charge in [-0.25, -0.2) is 4.98 Å². The van der Waals surface area contributed by atoms with Gasteiger partial charge in [-0.3, -0.25) is 4.79 Å². The highest BCUT2D eigenvalue weighted by Gasteiger charge is 2.16. The van der Waals surface area contributed by atoms with Crippen molar-refractivity contribution in [2.75, 3.05) is 0 Å². The van der Waals surface area contributed by atoms with E-state index < -0.39 is 0 Å². The number of rotatable bonds is 4. The third kappa shape index (κ3) is 2.36. The van der Waals surface area contributed by atoms with E-state index in [0.717, 1.165) is 19.3 Å². The van der Waals surface area contributed by atoms with Gasteiger partial charge in [-0.05, 0) is 32.1 Å². The second-order valence-electron chi connectivity index (χ2n) is 3.58. The molecule has 0 atom stereocenters. The summed E-state index contributed by atoms with van der Waals surface area (Å²) in [4.78, 5) is 16.7. The van der Waals surface area contributed by atoms with E-state index in [1.54, 1.807) is 0 Å². The lowest BCUT2D eigenvalue weighted by Gasteiger charge is -1.93. The Morgan fingerprint density at radius 2 is 2.36 bits per heavy atom. The van der Waals surface area contributed by atoms with Crippen LogP contribution < -0.4 is 0 Å². The van der Waals surface area contributed by atoms with E-state index in [2.05, 4.69) is 17.6 Å². The maximum atomic E-state index is 10.6. The van der Waals surface area contributed by atoms with Crippen LogP contribution in [0, 0.1) is 0 Å². The summed E-state index contributed by atoms with van der Waals surface area (Å²) in [6, 6.07) is 0. The van der Waals surface area contributed by atoms with Gasteiger partial charge in [-0.2, -0.15) is 0 Å². The SMILES string of the molecule is O=C(S)CCCc1nc2c(s1)CCC2. The Bertz CT molecular complexity index is 324. The number of hydrogen-bond acceptors (Lipinski definition) is 3. The predicted molar refractivity (Wildman–Crippen MR) is 61.1 cm³/mol. The Morgan fingerprint density at radius 3 is 3.07 bits per heavy atom. The molecular weight excluding hydrogens is 214 g/mol. The van der Waals surface area contributed by atoms with Gasteiger partial charge in [0.05, 0.1) is 10.7 Å². The van der Waals surface area contributed by atoms with E-state index in [0.29, 0.717) is 6.42 Å². The van der Waals surface area contributed by atoms with Crippen LogP contribution in [0.5, 0.6) is 0 Å². The molecule has 0 radical (unpaired) electrons. The lowest BCUT2D eigenvalue weighted by Crippen LogP contribution is -1.90. The normalized spacial score (nSPS) is 14.4. The molecule has 0 N–H and O–H groups in total. The fourth-order valence-electron chi connectivity index (χ4n) is 1.74. The number of fused-ring (bicyclic) bond motifs is 1. The molecule has 0 saturated carbocycles. The zero-order valence-electron chi connectivity index (χ0n) is 7.95. The predicted octanol–water partition coefficient (Wildman–Crippen LogP) is 2.41. The largest absolute Gasteiger partial charge is 0.288 e. The average Bonchev–Trinajstić information content (AvgIpc) is 2.62. The Labute approximate surface area is 93.2 Å². The highest BCUT2D eigenvalue weighted by Crippen LogP contribution is 2.28. The minimum atomic E-state index is -0.0194. The van der Waals surface area contributed by atoms with Crippen molar-refractivity contribution in [2.45, 2.75) is 38.5 Å². The summed E-state index contributed by atoms with van der Waals surface area (Å²) in [6.07, 6.45) is 6.01. The second kappa shape index (κ2) is 4.45. The summed E-state index contributed by atoms with van der Waals surface area (Å²) < 4.78 is 0. The van der Waals surface area contributed by atoms with Crippen LogP contribution in [0.4, 0.5) is 0 Å². The van der Waals surface area contributed by atoms with Crippen molar-refractivity contribution in [3.05, 3.63) is 15.6 Å². The number of nitrogens with zero attached hydrogens (tertiary/aromatic N) is 1. The van der Waals surface area contributed by atoms with Crippen LogP contribution in [0.15, 0.2) is 0 Å². The van der Waals surface area contributed by atoms with Gasteiger partial charge < -0.3 is 0 Å². The van der Waals surface area contributed by atoms with Crippen LogP contribution in [0.1, 0.15) is 34.8 Å². The third-order valence-corrected chi connectivity index (χ3v) is 3.86. The first-order valence-electron chi connectivity index (χ1n) is 4.95. The van der Waals surface area contributed by atoms with Crippen molar-refractivity contribution in [2.24, 2.45) is 0 Å². The summed E-state index contributed by atoms with van der Waals surface area (Å²) in [5, 5.41) is 1.18. The fourth-order valence-corrected chi connectivity index (χ4v) is 3.10. The van der Waals surface area contributed by atoms with Gasteiger partial charge in [-0.1, -0.05) is 0 Å². The van der Waals surface area contributed by atoms with Gasteiger partial charge in [0.25, 0.3) is 0 Å². The molecule has 0 saturated heterocycles. The smallest absolute Gasteiger partial charge is 0.185 e. The molecule has 1 aromatic heterocycles. The van der Waals surface area contributed by atoms with Gasteiger partial charge >= 0.3 is 0 Å². The molecule has 0 spiro atoms. The van der Waals surface area contributed by atoms with Crippen molar-refractivity contribution in [3.8, 4) is 0 Å². The number of carbonyl (C=O) groups is 1. The van der Waals surface area contributed by atoms with Crippen LogP contribution in [-0.4, -0.2) is 10.1 Å². The molecule has 0 amide bonds. The number of hydrogen-bond donors (Lipinski definition) is 1. The first-order chi connectivity index (χ1) is 6.75. The zero-order valence-corrected chi connectivity index (χ0v) is 9.66. The molecule has 0 fully saturated rings. The Kier molecular flexibility index (Phi) is 3.23. The van der Waals surface area contributed by atoms with Crippen LogP contribution in [0.3, 0.4) is 0 Å². The molecule has 14 heavy (non-hydrogen) atoms. The Balaban J connectivity index is 1.88. The molecule has 4 heteroatoms. The van der Waals surface area contributed by atoms with Gasteiger partial charge in [0, 0.05) is 11.3 Å². The van der Waals surface area contributed by atoms with Gasteiger partial charge in [0.2, 0.25) is 0 Å². The van der Waals surface area contributed by atoms with Gasteiger partial charge in [0.1, 0.15) is 0 Å². The number of aryl methyl sites for hydroxylation is 3. The van der Waals surface area contributed by atoms with Crippen molar-refractivity contribution >= 4 is 29.1 Å². The van der Waals surface area contributed by atoms with E-state index >= 15 is 0 Å².